The number of carbonyl (C=O) groups excluding carboxylic acids is 4. The van der Waals surface area contributed by atoms with Gasteiger partial charge in [-0.05, 0) is 44.2 Å². The van der Waals surface area contributed by atoms with Crippen LogP contribution in [0, 0.1) is 0 Å². The minimum Gasteiger partial charge on any atom is -0.480 e. The maximum absolute atomic E-state index is 12.7. The molecule has 13 nitrogen and oxygen atoms in total. The van der Waals surface area contributed by atoms with E-state index in [1.807, 2.05) is 6.26 Å². The normalized spacial score (nSPS) is 14.5. The summed E-state index contributed by atoms with van der Waals surface area (Å²) in [6, 6.07) is -5.04. The summed E-state index contributed by atoms with van der Waals surface area (Å²) in [7, 11) is 0. The summed E-state index contributed by atoms with van der Waals surface area (Å²) in [5.74, 6) is -4.07. The van der Waals surface area contributed by atoms with Gasteiger partial charge in [0.15, 0.2) is 0 Å². The fourth-order valence-corrected chi connectivity index (χ4v) is 3.05. The summed E-state index contributed by atoms with van der Waals surface area (Å²) in [4.78, 5) is 60.0. The zero-order chi connectivity index (χ0) is 24.7. The van der Waals surface area contributed by atoms with Gasteiger partial charge in [-0.15, -0.1) is 0 Å². The Labute approximate surface area is 190 Å². The van der Waals surface area contributed by atoms with Crippen molar-refractivity contribution in [3.63, 3.8) is 0 Å². The Balaban J connectivity index is 5.38. The molecule has 0 radical (unpaired) electrons. The molecule has 0 saturated heterocycles. The summed E-state index contributed by atoms with van der Waals surface area (Å²) in [6.07, 6.45) is 2.73. The highest BCUT2D eigenvalue weighted by molar-refractivity contribution is 7.98. The quantitative estimate of drug-likeness (QED) is 0.0963. The second kappa shape index (κ2) is 16.2. The molecule has 14 heteroatoms. The van der Waals surface area contributed by atoms with Crippen molar-refractivity contribution in [2.45, 2.75) is 56.3 Å². The van der Waals surface area contributed by atoms with Crippen LogP contribution in [-0.2, 0) is 24.0 Å². The molecule has 0 rings (SSSR count). The first-order valence-corrected chi connectivity index (χ1v) is 11.4. The topological polar surface area (TPSA) is 240 Å². The lowest BCUT2D eigenvalue weighted by molar-refractivity contribution is -0.143. The van der Waals surface area contributed by atoms with Crippen LogP contribution >= 0.6 is 11.8 Å². The summed E-state index contributed by atoms with van der Waals surface area (Å²) in [6.45, 7) is -0.510. The van der Waals surface area contributed by atoms with Gasteiger partial charge >= 0.3 is 5.97 Å². The number of nitrogens with one attached hydrogen (secondary N) is 3. The highest BCUT2D eigenvalue weighted by Crippen LogP contribution is 2.05. The Morgan fingerprint density at radius 1 is 0.906 bits per heavy atom. The first-order chi connectivity index (χ1) is 15.1. The number of rotatable bonds is 17. The maximum Gasteiger partial charge on any atom is 0.328 e. The van der Waals surface area contributed by atoms with E-state index >= 15 is 0 Å². The van der Waals surface area contributed by atoms with Crippen molar-refractivity contribution in [3.8, 4) is 0 Å². The van der Waals surface area contributed by atoms with Crippen molar-refractivity contribution in [2.24, 2.45) is 17.2 Å². The number of thioether (sulfide) groups is 1. The Morgan fingerprint density at radius 2 is 1.47 bits per heavy atom. The molecular weight excluding hydrogens is 444 g/mol. The molecule has 0 saturated carbocycles. The van der Waals surface area contributed by atoms with Crippen molar-refractivity contribution >= 4 is 41.4 Å². The van der Waals surface area contributed by atoms with Gasteiger partial charge < -0.3 is 43.4 Å². The highest BCUT2D eigenvalue weighted by atomic mass is 32.2. The monoisotopic (exact) mass is 478 g/mol. The van der Waals surface area contributed by atoms with Crippen LogP contribution in [0.25, 0.3) is 0 Å². The molecule has 0 aromatic rings. The average molecular weight is 479 g/mol. The van der Waals surface area contributed by atoms with E-state index in [1.54, 1.807) is 0 Å². The molecule has 0 aromatic carbocycles. The molecule has 4 atom stereocenters. The molecule has 0 aliphatic rings. The Kier molecular flexibility index (Phi) is 15.0. The molecule has 0 spiro atoms. The number of nitrogens with two attached hydrogens (primary N) is 3. The van der Waals surface area contributed by atoms with Crippen molar-refractivity contribution in [3.05, 3.63) is 0 Å². The smallest absolute Gasteiger partial charge is 0.328 e. The zero-order valence-corrected chi connectivity index (χ0v) is 18.9. The number of carboxylic acid groups (broad SMARTS) is 1. The number of hydrogen-bond acceptors (Lipinski definition) is 9. The number of aliphatic carboxylic acids is 1. The van der Waals surface area contributed by atoms with Crippen LogP contribution in [0.1, 0.15) is 32.1 Å². The number of carbonyl (C=O) groups is 5. The molecule has 0 aliphatic heterocycles. The van der Waals surface area contributed by atoms with Gasteiger partial charge in [-0.25, -0.2) is 4.79 Å². The van der Waals surface area contributed by atoms with E-state index in [2.05, 4.69) is 16.0 Å². The third kappa shape index (κ3) is 11.8. The van der Waals surface area contributed by atoms with E-state index in [9.17, 15) is 24.0 Å². The molecule has 32 heavy (non-hydrogen) atoms. The lowest BCUT2D eigenvalue weighted by Gasteiger charge is -2.24. The second-order valence-corrected chi connectivity index (χ2v) is 8.03. The van der Waals surface area contributed by atoms with Crippen molar-refractivity contribution < 1.29 is 34.2 Å². The number of amides is 4. The summed E-state index contributed by atoms with van der Waals surface area (Å²) in [5.41, 5.74) is 16.4. The summed E-state index contributed by atoms with van der Waals surface area (Å²) >= 11 is 1.49. The van der Waals surface area contributed by atoms with Crippen LogP contribution in [0.5, 0.6) is 0 Å². The van der Waals surface area contributed by atoms with Crippen molar-refractivity contribution in [1.82, 2.24) is 16.0 Å². The van der Waals surface area contributed by atoms with Gasteiger partial charge in [-0.1, -0.05) is 0 Å². The van der Waals surface area contributed by atoms with E-state index in [1.165, 1.54) is 11.8 Å². The van der Waals surface area contributed by atoms with Crippen LogP contribution in [-0.4, -0.2) is 89.1 Å². The van der Waals surface area contributed by atoms with Gasteiger partial charge in [-0.2, -0.15) is 11.8 Å². The molecule has 0 bridgehead atoms. The summed E-state index contributed by atoms with van der Waals surface area (Å²) < 4.78 is 0. The lowest BCUT2D eigenvalue weighted by Crippen LogP contribution is -2.58. The molecule has 184 valence electrons. The van der Waals surface area contributed by atoms with Gasteiger partial charge in [0.2, 0.25) is 23.6 Å². The third-order valence-electron chi connectivity index (χ3n) is 4.39. The zero-order valence-electron chi connectivity index (χ0n) is 18.0. The number of unbranched alkanes of at least 4 members (excludes halogenated alkanes) is 1. The molecule has 0 fully saturated rings. The number of aliphatic hydroxyl groups excluding tert-OH is 1. The maximum atomic E-state index is 12.7. The lowest BCUT2D eigenvalue weighted by atomic mass is 10.1. The van der Waals surface area contributed by atoms with Crippen LogP contribution in [0.3, 0.4) is 0 Å². The SMILES string of the molecule is CSCCC(N)C(=O)NC(CC(N)=O)C(=O)NC(CCCCN)C(=O)NC(CO)C(=O)O. The van der Waals surface area contributed by atoms with Gasteiger partial charge in [0.05, 0.1) is 19.1 Å². The van der Waals surface area contributed by atoms with E-state index in [4.69, 9.17) is 27.4 Å². The molecule has 4 amide bonds. The van der Waals surface area contributed by atoms with Crippen LogP contribution < -0.4 is 33.2 Å². The van der Waals surface area contributed by atoms with E-state index < -0.39 is 66.8 Å². The highest BCUT2D eigenvalue weighted by Gasteiger charge is 2.30. The fourth-order valence-electron chi connectivity index (χ4n) is 2.56. The first kappa shape index (κ1) is 29.6. The van der Waals surface area contributed by atoms with Crippen LogP contribution in [0.15, 0.2) is 0 Å². The predicted molar refractivity (Wildman–Crippen MR) is 118 cm³/mol. The Bertz CT molecular complexity index is 651. The van der Waals surface area contributed by atoms with Gasteiger partial charge in [-0.3, -0.25) is 19.2 Å². The Morgan fingerprint density at radius 3 is 1.97 bits per heavy atom. The second-order valence-electron chi connectivity index (χ2n) is 7.05. The van der Waals surface area contributed by atoms with Gasteiger partial charge in [0, 0.05) is 0 Å². The van der Waals surface area contributed by atoms with Crippen molar-refractivity contribution in [2.75, 3.05) is 25.2 Å². The fraction of sp³-hybridized carbons (Fsp3) is 0.722. The number of primary amides is 1. The largest absolute Gasteiger partial charge is 0.480 e. The number of carboxylic acids is 1. The summed E-state index contributed by atoms with van der Waals surface area (Å²) in [5, 5.41) is 25.0. The minimum atomic E-state index is -1.56. The molecule has 0 aliphatic carbocycles. The minimum absolute atomic E-state index is 0.108. The predicted octanol–water partition coefficient (Wildman–Crippen LogP) is -3.40. The molecule has 0 heterocycles. The van der Waals surface area contributed by atoms with E-state index in [0.717, 1.165) is 0 Å². The molecule has 11 N–H and O–H groups in total. The number of aliphatic hydroxyl groups is 1. The molecular formula is C18H34N6O7S. The average Bonchev–Trinajstić information content (AvgIpc) is 2.73. The standard InChI is InChI=1S/C18H34N6O7S/c1-32-7-5-10(20)15(27)23-12(8-14(21)26)17(29)22-11(4-2-3-6-19)16(28)24-13(9-25)18(30)31/h10-13,25H,2-9,19-20H2,1H3,(H2,21,26)(H,22,29)(H,23,27)(H,24,28)(H,30,31). The third-order valence-corrected chi connectivity index (χ3v) is 5.03. The van der Waals surface area contributed by atoms with Gasteiger partial charge in [0.25, 0.3) is 0 Å². The van der Waals surface area contributed by atoms with Crippen LogP contribution in [0.2, 0.25) is 0 Å². The first-order valence-electron chi connectivity index (χ1n) is 10.0. The molecule has 4 unspecified atom stereocenters. The van der Waals surface area contributed by atoms with Crippen molar-refractivity contribution in [1.29, 1.82) is 0 Å². The van der Waals surface area contributed by atoms with Crippen LogP contribution in [0.4, 0.5) is 0 Å². The van der Waals surface area contributed by atoms with E-state index in [-0.39, 0.29) is 6.42 Å². The van der Waals surface area contributed by atoms with E-state index in [0.29, 0.717) is 31.6 Å². The van der Waals surface area contributed by atoms with Gasteiger partial charge in [0.1, 0.15) is 18.1 Å². The molecule has 0 aromatic heterocycles. The Hall–Kier alpha value is -2.42. The number of hydrogen-bond donors (Lipinski definition) is 8.